The lowest BCUT2D eigenvalue weighted by Crippen LogP contribution is -2.09. The molecule has 0 aliphatic carbocycles. The van der Waals surface area contributed by atoms with E-state index in [1.54, 1.807) is 12.3 Å². The molecule has 2 rings (SSSR count). The summed E-state index contributed by atoms with van der Waals surface area (Å²) >= 11 is 0. The quantitative estimate of drug-likeness (QED) is 0.593. The van der Waals surface area contributed by atoms with Gasteiger partial charge in [-0.25, -0.2) is 15.8 Å². The monoisotopic (exact) mass is 214 g/mol. The number of benzene rings is 1. The molecule has 1 heterocycles. The summed E-state index contributed by atoms with van der Waals surface area (Å²) in [6.45, 7) is 4.10. The number of hydrogen-bond donors (Lipinski definition) is 2. The van der Waals surface area contributed by atoms with Gasteiger partial charge in [0.1, 0.15) is 5.82 Å². The van der Waals surface area contributed by atoms with E-state index in [1.807, 2.05) is 32.0 Å². The highest BCUT2D eigenvalue weighted by Gasteiger charge is 2.08. The molecule has 0 aliphatic heterocycles. The molecule has 0 aliphatic rings. The Labute approximate surface area is 94.5 Å². The molecule has 0 saturated heterocycles. The van der Waals surface area contributed by atoms with Gasteiger partial charge in [-0.05, 0) is 25.0 Å². The van der Waals surface area contributed by atoms with Crippen LogP contribution in [0.25, 0.3) is 11.4 Å². The Balaban J connectivity index is 2.58. The fraction of sp³-hybridized carbons (Fsp3) is 0.167. The van der Waals surface area contributed by atoms with Crippen molar-refractivity contribution in [1.82, 2.24) is 9.97 Å². The van der Waals surface area contributed by atoms with Crippen molar-refractivity contribution in [3.63, 3.8) is 0 Å². The van der Waals surface area contributed by atoms with Gasteiger partial charge in [-0.1, -0.05) is 18.2 Å². The molecule has 2 aromatic rings. The number of nitrogens with two attached hydrogens (primary N) is 1. The predicted octanol–water partition coefficient (Wildman–Crippen LogP) is 2.05. The normalized spacial score (nSPS) is 10.2. The van der Waals surface area contributed by atoms with E-state index in [4.69, 9.17) is 5.84 Å². The van der Waals surface area contributed by atoms with Crippen LogP contribution < -0.4 is 11.3 Å². The average molecular weight is 214 g/mol. The third-order valence-electron chi connectivity index (χ3n) is 2.51. The highest BCUT2D eigenvalue weighted by atomic mass is 15.3. The van der Waals surface area contributed by atoms with Crippen LogP contribution in [0, 0.1) is 13.8 Å². The van der Waals surface area contributed by atoms with Crippen molar-refractivity contribution in [2.45, 2.75) is 13.8 Å². The van der Waals surface area contributed by atoms with Gasteiger partial charge in [0.05, 0.1) is 0 Å². The number of anilines is 1. The maximum Gasteiger partial charge on any atom is 0.162 e. The predicted molar refractivity (Wildman–Crippen MR) is 64.8 cm³/mol. The zero-order chi connectivity index (χ0) is 11.5. The molecule has 0 spiro atoms. The number of hydrogen-bond acceptors (Lipinski definition) is 4. The van der Waals surface area contributed by atoms with Crippen LogP contribution in [0.2, 0.25) is 0 Å². The minimum absolute atomic E-state index is 0.618. The molecule has 0 atom stereocenters. The van der Waals surface area contributed by atoms with E-state index in [-0.39, 0.29) is 0 Å². The molecule has 0 radical (unpaired) electrons. The van der Waals surface area contributed by atoms with Crippen LogP contribution in [0.1, 0.15) is 11.1 Å². The summed E-state index contributed by atoms with van der Waals surface area (Å²) < 4.78 is 0. The Morgan fingerprint density at radius 2 is 1.81 bits per heavy atom. The maximum atomic E-state index is 5.33. The van der Waals surface area contributed by atoms with Crippen LogP contribution in [-0.4, -0.2) is 9.97 Å². The van der Waals surface area contributed by atoms with Gasteiger partial charge in [-0.3, -0.25) is 0 Å². The van der Waals surface area contributed by atoms with Gasteiger partial charge in [-0.2, -0.15) is 0 Å². The first-order valence-electron chi connectivity index (χ1n) is 5.08. The zero-order valence-electron chi connectivity index (χ0n) is 9.36. The molecular weight excluding hydrogens is 200 g/mol. The molecule has 1 aromatic carbocycles. The summed E-state index contributed by atoms with van der Waals surface area (Å²) in [4.78, 5) is 8.61. The number of hydrazine groups is 1. The van der Waals surface area contributed by atoms with Crippen LogP contribution in [0.15, 0.2) is 30.5 Å². The van der Waals surface area contributed by atoms with Crippen LogP contribution in [0.4, 0.5) is 5.82 Å². The van der Waals surface area contributed by atoms with Gasteiger partial charge < -0.3 is 5.43 Å². The van der Waals surface area contributed by atoms with Crippen LogP contribution in [0.3, 0.4) is 0 Å². The molecule has 4 nitrogen and oxygen atoms in total. The lowest BCUT2D eigenvalue weighted by molar-refractivity contribution is 1.13. The average Bonchev–Trinajstić information content (AvgIpc) is 2.29. The smallest absolute Gasteiger partial charge is 0.162 e. The zero-order valence-corrected chi connectivity index (χ0v) is 9.36. The Morgan fingerprint density at radius 3 is 2.44 bits per heavy atom. The van der Waals surface area contributed by atoms with E-state index in [2.05, 4.69) is 15.4 Å². The van der Waals surface area contributed by atoms with Crippen molar-refractivity contribution < 1.29 is 0 Å². The fourth-order valence-electron chi connectivity index (χ4n) is 1.73. The number of nitrogens with zero attached hydrogens (tertiary/aromatic N) is 2. The summed E-state index contributed by atoms with van der Waals surface area (Å²) in [5.74, 6) is 6.65. The Kier molecular flexibility index (Phi) is 2.83. The molecule has 82 valence electrons. The van der Waals surface area contributed by atoms with Gasteiger partial charge in [0.25, 0.3) is 0 Å². The molecular formula is C12H14N4. The summed E-state index contributed by atoms with van der Waals surface area (Å²) in [6.07, 6.45) is 1.70. The fourth-order valence-corrected chi connectivity index (χ4v) is 1.73. The van der Waals surface area contributed by atoms with Crippen LogP contribution in [-0.2, 0) is 0 Å². The lowest BCUT2D eigenvalue weighted by atomic mass is 10.0. The summed E-state index contributed by atoms with van der Waals surface area (Å²) in [5.41, 5.74) is 5.92. The highest BCUT2D eigenvalue weighted by Crippen LogP contribution is 2.24. The van der Waals surface area contributed by atoms with Gasteiger partial charge >= 0.3 is 0 Å². The number of nitrogens with one attached hydrogen (secondary N) is 1. The molecule has 0 fully saturated rings. The molecule has 4 heteroatoms. The van der Waals surface area contributed by atoms with E-state index in [9.17, 15) is 0 Å². The van der Waals surface area contributed by atoms with Crippen molar-refractivity contribution >= 4 is 5.82 Å². The number of aromatic nitrogens is 2. The maximum absolute atomic E-state index is 5.33. The second kappa shape index (κ2) is 4.28. The third kappa shape index (κ3) is 1.87. The molecule has 0 unspecified atom stereocenters. The van der Waals surface area contributed by atoms with E-state index in [0.29, 0.717) is 11.6 Å². The highest BCUT2D eigenvalue weighted by molar-refractivity contribution is 5.65. The third-order valence-corrected chi connectivity index (χ3v) is 2.51. The number of rotatable bonds is 2. The Hall–Kier alpha value is -1.94. The van der Waals surface area contributed by atoms with E-state index >= 15 is 0 Å². The van der Waals surface area contributed by atoms with Gasteiger partial charge in [-0.15, -0.1) is 0 Å². The van der Waals surface area contributed by atoms with E-state index < -0.39 is 0 Å². The Bertz CT molecular complexity index is 488. The summed E-state index contributed by atoms with van der Waals surface area (Å²) in [5, 5.41) is 0. The minimum atomic E-state index is 0.618. The number of nitrogen functional groups attached to an aromatic ring is 1. The second-order valence-corrected chi connectivity index (χ2v) is 3.68. The topological polar surface area (TPSA) is 63.8 Å². The largest absolute Gasteiger partial charge is 0.308 e. The molecule has 0 amide bonds. The van der Waals surface area contributed by atoms with Crippen LogP contribution >= 0.6 is 0 Å². The molecule has 16 heavy (non-hydrogen) atoms. The molecule has 1 aromatic heterocycles. The first-order chi connectivity index (χ1) is 7.72. The van der Waals surface area contributed by atoms with E-state index in [1.165, 1.54) is 0 Å². The van der Waals surface area contributed by atoms with Crippen molar-refractivity contribution in [1.29, 1.82) is 0 Å². The SMILES string of the molecule is Cc1cccc(C)c1-c1nccc(NN)n1. The van der Waals surface area contributed by atoms with E-state index in [0.717, 1.165) is 16.7 Å². The first-order valence-corrected chi connectivity index (χ1v) is 5.08. The standard InChI is InChI=1S/C12H14N4/c1-8-4-3-5-9(2)11(8)12-14-7-6-10(15-12)16-13/h3-7H,13H2,1-2H3,(H,14,15,16). The Morgan fingerprint density at radius 1 is 1.12 bits per heavy atom. The summed E-state index contributed by atoms with van der Waals surface area (Å²) in [7, 11) is 0. The van der Waals surface area contributed by atoms with Crippen molar-refractivity contribution in [2.24, 2.45) is 5.84 Å². The van der Waals surface area contributed by atoms with Crippen molar-refractivity contribution in [3.05, 3.63) is 41.6 Å². The molecule has 0 bridgehead atoms. The summed E-state index contributed by atoms with van der Waals surface area (Å²) in [6, 6.07) is 7.86. The number of aryl methyl sites for hydroxylation is 2. The van der Waals surface area contributed by atoms with Gasteiger partial charge in [0.2, 0.25) is 0 Å². The van der Waals surface area contributed by atoms with Crippen molar-refractivity contribution in [3.8, 4) is 11.4 Å². The lowest BCUT2D eigenvalue weighted by Gasteiger charge is -2.08. The first kappa shape index (κ1) is 10.6. The minimum Gasteiger partial charge on any atom is -0.308 e. The van der Waals surface area contributed by atoms with Crippen molar-refractivity contribution in [2.75, 3.05) is 5.43 Å². The second-order valence-electron chi connectivity index (χ2n) is 3.68. The molecule has 3 N–H and O–H groups in total. The van der Waals surface area contributed by atoms with Gasteiger partial charge in [0.15, 0.2) is 5.82 Å². The van der Waals surface area contributed by atoms with Crippen LogP contribution in [0.5, 0.6) is 0 Å². The van der Waals surface area contributed by atoms with Gasteiger partial charge in [0, 0.05) is 17.8 Å². The molecule has 0 saturated carbocycles.